The highest BCUT2D eigenvalue weighted by Gasteiger charge is 2.28. The first-order chi connectivity index (χ1) is 9.35. The molecule has 0 bridgehead atoms. The fourth-order valence-corrected chi connectivity index (χ4v) is 4.12. The van der Waals surface area contributed by atoms with Gasteiger partial charge >= 0.3 is 0 Å². The fourth-order valence-electron chi connectivity index (χ4n) is 2.07. The lowest BCUT2D eigenvalue weighted by Crippen LogP contribution is -2.39. The summed E-state index contributed by atoms with van der Waals surface area (Å²) in [4.78, 5) is 11.8. The smallest absolute Gasteiger partial charge is 0.239 e. The summed E-state index contributed by atoms with van der Waals surface area (Å²) in [6, 6.07) is 5.50. The predicted octanol–water partition coefficient (Wildman–Crippen LogP) is 1.47. The van der Waals surface area contributed by atoms with Crippen LogP contribution in [-0.4, -0.2) is 38.4 Å². The van der Waals surface area contributed by atoms with E-state index in [0.29, 0.717) is 6.42 Å². The third-order valence-corrected chi connectivity index (χ3v) is 5.84. The minimum Gasteiger partial charge on any atom is -0.376 e. The first kappa shape index (κ1) is 15.3. The van der Waals surface area contributed by atoms with E-state index in [9.17, 15) is 13.2 Å². The van der Waals surface area contributed by atoms with Gasteiger partial charge in [-0.25, -0.2) is 8.42 Å². The lowest BCUT2D eigenvalue weighted by molar-refractivity contribution is -0.119. The molecule has 1 aromatic carbocycles. The third-order valence-electron chi connectivity index (χ3n) is 3.22. The molecule has 1 atom stereocenters. The molecule has 1 unspecified atom stereocenters. The van der Waals surface area contributed by atoms with Gasteiger partial charge in [-0.3, -0.25) is 4.79 Å². The van der Waals surface area contributed by atoms with Crippen molar-refractivity contribution >= 4 is 37.4 Å². The summed E-state index contributed by atoms with van der Waals surface area (Å²) < 4.78 is 23.6. The minimum atomic E-state index is -2.96. The highest BCUT2D eigenvalue weighted by molar-refractivity contribution is 9.10. The van der Waals surface area contributed by atoms with Crippen LogP contribution >= 0.6 is 15.9 Å². The zero-order chi connectivity index (χ0) is 14.8. The van der Waals surface area contributed by atoms with Crippen molar-refractivity contribution in [3.63, 3.8) is 0 Å². The number of hydrogen-bond donors (Lipinski definition) is 2. The Bertz CT molecular complexity index is 616. The molecule has 1 aliphatic rings. The SMILES string of the molecule is Cc1ccc(NCC(=O)NC2CCS(=O)(=O)C2)cc1Br. The van der Waals surface area contributed by atoms with Crippen LogP contribution in [0.2, 0.25) is 0 Å². The lowest BCUT2D eigenvalue weighted by Gasteiger charge is -2.12. The van der Waals surface area contributed by atoms with Crippen LogP contribution in [0.5, 0.6) is 0 Å². The Morgan fingerprint density at radius 1 is 1.45 bits per heavy atom. The van der Waals surface area contributed by atoms with Gasteiger partial charge < -0.3 is 10.6 Å². The number of sulfone groups is 1. The molecular formula is C13H17BrN2O3S. The molecule has 0 spiro atoms. The second-order valence-electron chi connectivity index (χ2n) is 4.98. The molecule has 1 fully saturated rings. The Hall–Kier alpha value is -1.08. The van der Waals surface area contributed by atoms with Gasteiger partial charge in [0.1, 0.15) is 0 Å². The monoisotopic (exact) mass is 360 g/mol. The number of carbonyl (C=O) groups is 1. The van der Waals surface area contributed by atoms with Gasteiger partial charge in [0, 0.05) is 16.2 Å². The van der Waals surface area contributed by atoms with Crippen molar-refractivity contribution in [1.29, 1.82) is 0 Å². The number of nitrogens with one attached hydrogen (secondary N) is 2. The number of aryl methyl sites for hydroxylation is 1. The summed E-state index contributed by atoms with van der Waals surface area (Å²) in [5.74, 6) is 0.0225. The average molecular weight is 361 g/mol. The molecule has 0 aromatic heterocycles. The zero-order valence-electron chi connectivity index (χ0n) is 11.1. The molecule has 1 aromatic rings. The van der Waals surface area contributed by atoms with Crippen molar-refractivity contribution in [3.8, 4) is 0 Å². The van der Waals surface area contributed by atoms with Crippen LogP contribution in [-0.2, 0) is 14.6 Å². The van der Waals surface area contributed by atoms with Crippen molar-refractivity contribution in [2.45, 2.75) is 19.4 Å². The highest BCUT2D eigenvalue weighted by Crippen LogP contribution is 2.20. The van der Waals surface area contributed by atoms with Gasteiger partial charge in [-0.05, 0) is 31.0 Å². The van der Waals surface area contributed by atoms with Crippen LogP contribution in [0, 0.1) is 6.92 Å². The second kappa shape index (κ2) is 6.13. The normalized spacial score (nSPS) is 20.6. The van der Waals surface area contributed by atoms with Crippen molar-refractivity contribution in [1.82, 2.24) is 5.32 Å². The van der Waals surface area contributed by atoms with Gasteiger partial charge in [0.05, 0.1) is 18.1 Å². The van der Waals surface area contributed by atoms with Crippen molar-refractivity contribution in [2.75, 3.05) is 23.4 Å². The average Bonchev–Trinajstić information content (AvgIpc) is 2.70. The van der Waals surface area contributed by atoms with E-state index in [-0.39, 0.29) is 30.0 Å². The number of amides is 1. The standard InChI is InChI=1S/C13H17BrN2O3S/c1-9-2-3-10(6-12(9)14)15-7-13(17)16-11-4-5-20(18,19)8-11/h2-3,6,11,15H,4-5,7-8H2,1H3,(H,16,17). The van der Waals surface area contributed by atoms with Gasteiger partial charge in [0.2, 0.25) is 5.91 Å². The maximum atomic E-state index is 11.8. The number of benzene rings is 1. The molecule has 5 nitrogen and oxygen atoms in total. The number of hydrogen-bond acceptors (Lipinski definition) is 4. The van der Waals surface area contributed by atoms with Crippen molar-refractivity contribution in [2.24, 2.45) is 0 Å². The van der Waals surface area contributed by atoms with Gasteiger partial charge in [0.15, 0.2) is 9.84 Å². The largest absolute Gasteiger partial charge is 0.376 e. The lowest BCUT2D eigenvalue weighted by atomic mass is 10.2. The molecule has 1 aliphatic heterocycles. The third kappa shape index (κ3) is 4.21. The minimum absolute atomic E-state index is 0.0504. The number of anilines is 1. The first-order valence-electron chi connectivity index (χ1n) is 6.35. The molecule has 2 rings (SSSR count). The molecule has 0 aliphatic carbocycles. The Morgan fingerprint density at radius 2 is 2.20 bits per heavy atom. The summed E-state index contributed by atoms with van der Waals surface area (Å²) in [7, 11) is -2.96. The topological polar surface area (TPSA) is 75.3 Å². The van der Waals surface area contributed by atoms with Crippen LogP contribution in [0.15, 0.2) is 22.7 Å². The molecule has 2 N–H and O–H groups in total. The van der Waals surface area contributed by atoms with E-state index in [0.717, 1.165) is 15.7 Å². The van der Waals surface area contributed by atoms with E-state index >= 15 is 0 Å². The molecule has 1 heterocycles. The van der Waals surface area contributed by atoms with Crippen LogP contribution in [0.25, 0.3) is 0 Å². The van der Waals surface area contributed by atoms with Gasteiger partial charge in [-0.2, -0.15) is 0 Å². The maximum absolute atomic E-state index is 11.8. The molecule has 1 amide bonds. The van der Waals surface area contributed by atoms with E-state index < -0.39 is 9.84 Å². The second-order valence-corrected chi connectivity index (χ2v) is 8.07. The molecule has 0 radical (unpaired) electrons. The van der Waals surface area contributed by atoms with Crippen molar-refractivity contribution < 1.29 is 13.2 Å². The maximum Gasteiger partial charge on any atom is 0.239 e. The van der Waals surface area contributed by atoms with Crippen LogP contribution in [0.4, 0.5) is 5.69 Å². The summed E-state index contributed by atoms with van der Waals surface area (Å²) >= 11 is 3.43. The van der Waals surface area contributed by atoms with Crippen LogP contribution in [0.1, 0.15) is 12.0 Å². The van der Waals surface area contributed by atoms with Gasteiger partial charge in [-0.1, -0.05) is 22.0 Å². The molecular weight excluding hydrogens is 344 g/mol. The Kier molecular flexibility index (Phi) is 4.70. The van der Waals surface area contributed by atoms with E-state index in [2.05, 4.69) is 26.6 Å². The Labute approximate surface area is 127 Å². The number of rotatable bonds is 4. The number of halogens is 1. The van der Waals surface area contributed by atoms with Gasteiger partial charge in [0.25, 0.3) is 0 Å². The Morgan fingerprint density at radius 3 is 2.80 bits per heavy atom. The molecule has 7 heteroatoms. The number of carbonyl (C=O) groups excluding carboxylic acids is 1. The van der Waals surface area contributed by atoms with Crippen LogP contribution in [0.3, 0.4) is 0 Å². The summed E-state index contributed by atoms with van der Waals surface area (Å²) in [5, 5.41) is 5.75. The molecule has 110 valence electrons. The summed E-state index contributed by atoms with van der Waals surface area (Å²) in [6.07, 6.45) is 0.504. The van der Waals surface area contributed by atoms with Gasteiger partial charge in [-0.15, -0.1) is 0 Å². The zero-order valence-corrected chi connectivity index (χ0v) is 13.6. The Balaban J connectivity index is 1.82. The summed E-state index contributed by atoms with van der Waals surface area (Å²) in [6.45, 7) is 2.12. The molecule has 0 saturated carbocycles. The predicted molar refractivity (Wildman–Crippen MR) is 82.6 cm³/mol. The van der Waals surface area contributed by atoms with E-state index in [1.165, 1.54) is 0 Å². The molecule has 1 saturated heterocycles. The molecule has 20 heavy (non-hydrogen) atoms. The van der Waals surface area contributed by atoms with E-state index in [1.807, 2.05) is 25.1 Å². The van der Waals surface area contributed by atoms with Crippen LogP contribution < -0.4 is 10.6 Å². The highest BCUT2D eigenvalue weighted by atomic mass is 79.9. The van der Waals surface area contributed by atoms with E-state index in [4.69, 9.17) is 0 Å². The fraction of sp³-hybridized carbons (Fsp3) is 0.462. The summed E-state index contributed by atoms with van der Waals surface area (Å²) in [5.41, 5.74) is 1.97. The quantitative estimate of drug-likeness (QED) is 0.852. The van der Waals surface area contributed by atoms with Crippen molar-refractivity contribution in [3.05, 3.63) is 28.2 Å². The first-order valence-corrected chi connectivity index (χ1v) is 8.97. The van der Waals surface area contributed by atoms with E-state index in [1.54, 1.807) is 0 Å².